The predicted octanol–water partition coefficient (Wildman–Crippen LogP) is 1.44. The van der Waals surface area contributed by atoms with E-state index in [1.54, 1.807) is 0 Å². The van der Waals surface area contributed by atoms with E-state index in [0.29, 0.717) is 25.9 Å². The van der Waals surface area contributed by atoms with Crippen molar-refractivity contribution in [3.63, 3.8) is 0 Å². The molecule has 2 aliphatic rings. The zero-order chi connectivity index (χ0) is 11.3. The Morgan fingerprint density at radius 1 is 1.47 bits per heavy atom. The van der Waals surface area contributed by atoms with E-state index in [0.717, 1.165) is 0 Å². The maximum absolute atomic E-state index is 11.8. The van der Waals surface area contributed by atoms with Gasteiger partial charge in [-0.2, -0.15) is 0 Å². The minimum atomic E-state index is -0.795. The largest absolute Gasteiger partial charge is 0.481 e. The summed E-state index contributed by atoms with van der Waals surface area (Å²) in [6.07, 6.45) is 1.90. The molecule has 1 aliphatic heterocycles. The third-order valence-electron chi connectivity index (χ3n) is 4.42. The van der Waals surface area contributed by atoms with E-state index < -0.39 is 22.7 Å². The first-order chi connectivity index (χ1) is 6.92. The molecule has 4 nitrogen and oxygen atoms in total. The number of ether oxygens (including phenoxy) is 1. The van der Waals surface area contributed by atoms with Crippen LogP contribution in [-0.4, -0.2) is 23.7 Å². The summed E-state index contributed by atoms with van der Waals surface area (Å²) in [6, 6.07) is 0. The smallest absolute Gasteiger partial charge is 0.312 e. The standard InChI is InChI=1S/C11H16O4/c1-10(2)7(8(12)13)3-4-11(10)5-6-15-9(11)14/h7H,3-6H2,1-2H3,(H,12,13)/t7-,11-/m1/s1. The minimum Gasteiger partial charge on any atom is -0.481 e. The molecule has 0 aromatic carbocycles. The van der Waals surface area contributed by atoms with Gasteiger partial charge in [-0.15, -0.1) is 0 Å². The van der Waals surface area contributed by atoms with Crippen molar-refractivity contribution < 1.29 is 19.4 Å². The number of rotatable bonds is 1. The van der Waals surface area contributed by atoms with Crippen LogP contribution in [0.3, 0.4) is 0 Å². The molecule has 0 aromatic heterocycles. The molecule has 0 aromatic rings. The molecular weight excluding hydrogens is 196 g/mol. The molecule has 0 amide bonds. The van der Waals surface area contributed by atoms with Crippen LogP contribution in [0.2, 0.25) is 0 Å². The monoisotopic (exact) mass is 212 g/mol. The Balaban J connectivity index is 2.38. The van der Waals surface area contributed by atoms with Crippen molar-refractivity contribution in [2.24, 2.45) is 16.7 Å². The van der Waals surface area contributed by atoms with E-state index >= 15 is 0 Å². The van der Waals surface area contributed by atoms with Crippen molar-refractivity contribution in [1.29, 1.82) is 0 Å². The van der Waals surface area contributed by atoms with Crippen LogP contribution in [0.4, 0.5) is 0 Å². The highest BCUT2D eigenvalue weighted by atomic mass is 16.5. The molecule has 1 saturated carbocycles. The zero-order valence-corrected chi connectivity index (χ0v) is 9.08. The van der Waals surface area contributed by atoms with Crippen molar-refractivity contribution in [2.45, 2.75) is 33.1 Å². The Morgan fingerprint density at radius 2 is 2.13 bits per heavy atom. The first-order valence-electron chi connectivity index (χ1n) is 5.32. The lowest BCUT2D eigenvalue weighted by molar-refractivity contribution is -0.154. The Kier molecular flexibility index (Phi) is 2.07. The van der Waals surface area contributed by atoms with E-state index in [2.05, 4.69) is 0 Å². The summed E-state index contributed by atoms with van der Waals surface area (Å²) in [5, 5.41) is 9.13. The molecule has 0 radical (unpaired) electrons. The number of hydrogen-bond acceptors (Lipinski definition) is 3. The van der Waals surface area contributed by atoms with Crippen LogP contribution in [0.25, 0.3) is 0 Å². The molecule has 1 spiro atoms. The lowest BCUT2D eigenvalue weighted by Crippen LogP contribution is -2.42. The highest BCUT2D eigenvalue weighted by Crippen LogP contribution is 2.60. The van der Waals surface area contributed by atoms with Crippen molar-refractivity contribution in [3.05, 3.63) is 0 Å². The van der Waals surface area contributed by atoms with Gasteiger partial charge in [-0.3, -0.25) is 9.59 Å². The van der Waals surface area contributed by atoms with Gasteiger partial charge in [0.15, 0.2) is 0 Å². The summed E-state index contributed by atoms with van der Waals surface area (Å²) in [5.41, 5.74) is -1.04. The number of hydrogen-bond donors (Lipinski definition) is 1. The number of carboxylic acids is 1. The number of esters is 1. The normalized spacial score (nSPS) is 38.3. The van der Waals surface area contributed by atoms with E-state index in [-0.39, 0.29) is 5.97 Å². The molecule has 15 heavy (non-hydrogen) atoms. The molecule has 1 N–H and O–H groups in total. The van der Waals surface area contributed by atoms with Gasteiger partial charge in [-0.1, -0.05) is 13.8 Å². The molecule has 2 rings (SSSR count). The van der Waals surface area contributed by atoms with Crippen molar-refractivity contribution in [1.82, 2.24) is 0 Å². The highest BCUT2D eigenvalue weighted by molar-refractivity contribution is 5.83. The molecule has 1 saturated heterocycles. The van der Waals surface area contributed by atoms with Crippen LogP contribution in [-0.2, 0) is 14.3 Å². The summed E-state index contributed by atoms with van der Waals surface area (Å²) in [6.45, 7) is 4.20. The number of carbonyl (C=O) groups is 2. The first kappa shape index (κ1) is 10.5. The molecular formula is C11H16O4. The van der Waals surface area contributed by atoms with E-state index in [1.807, 2.05) is 13.8 Å². The number of carbonyl (C=O) groups excluding carboxylic acids is 1. The second-order valence-corrected chi connectivity index (χ2v) is 5.12. The van der Waals surface area contributed by atoms with E-state index in [9.17, 15) is 9.59 Å². The summed E-state index contributed by atoms with van der Waals surface area (Å²) < 4.78 is 5.02. The van der Waals surface area contributed by atoms with Gasteiger partial charge in [-0.05, 0) is 24.7 Å². The minimum absolute atomic E-state index is 0.198. The van der Waals surface area contributed by atoms with E-state index in [1.165, 1.54) is 0 Å². The second kappa shape index (κ2) is 2.97. The quantitative estimate of drug-likeness (QED) is 0.668. The summed E-state index contributed by atoms with van der Waals surface area (Å²) in [4.78, 5) is 22.9. The van der Waals surface area contributed by atoms with Gasteiger partial charge in [0, 0.05) is 0 Å². The lowest BCUT2D eigenvalue weighted by atomic mass is 9.64. The van der Waals surface area contributed by atoms with Gasteiger partial charge in [0.25, 0.3) is 0 Å². The van der Waals surface area contributed by atoms with Crippen LogP contribution in [0, 0.1) is 16.7 Å². The fourth-order valence-corrected chi connectivity index (χ4v) is 3.21. The molecule has 2 fully saturated rings. The molecule has 84 valence electrons. The van der Waals surface area contributed by atoms with Gasteiger partial charge >= 0.3 is 11.9 Å². The van der Waals surface area contributed by atoms with Crippen LogP contribution in [0.5, 0.6) is 0 Å². The van der Waals surface area contributed by atoms with Crippen molar-refractivity contribution >= 4 is 11.9 Å². The van der Waals surface area contributed by atoms with Gasteiger partial charge in [0.05, 0.1) is 17.9 Å². The molecule has 2 atom stereocenters. The lowest BCUT2D eigenvalue weighted by Gasteiger charge is -2.36. The maximum Gasteiger partial charge on any atom is 0.312 e. The Labute approximate surface area is 88.6 Å². The zero-order valence-electron chi connectivity index (χ0n) is 9.08. The van der Waals surface area contributed by atoms with Crippen molar-refractivity contribution in [2.75, 3.05) is 6.61 Å². The van der Waals surface area contributed by atoms with Crippen LogP contribution < -0.4 is 0 Å². The fraction of sp³-hybridized carbons (Fsp3) is 0.818. The van der Waals surface area contributed by atoms with Gasteiger partial charge in [-0.25, -0.2) is 0 Å². The van der Waals surface area contributed by atoms with Gasteiger partial charge in [0.1, 0.15) is 0 Å². The summed E-state index contributed by atoms with van der Waals surface area (Å²) in [7, 11) is 0. The Morgan fingerprint density at radius 3 is 2.53 bits per heavy atom. The number of carboxylic acid groups (broad SMARTS) is 1. The van der Waals surface area contributed by atoms with E-state index in [4.69, 9.17) is 9.84 Å². The average Bonchev–Trinajstić information content (AvgIpc) is 2.59. The SMILES string of the molecule is CC1(C)[C@@H](C(=O)O)CC[C@]12CCOC2=O. The summed E-state index contributed by atoms with van der Waals surface area (Å²) in [5.74, 6) is -1.42. The van der Waals surface area contributed by atoms with Crippen LogP contribution >= 0.6 is 0 Å². The first-order valence-corrected chi connectivity index (χ1v) is 5.32. The average molecular weight is 212 g/mol. The van der Waals surface area contributed by atoms with Crippen molar-refractivity contribution in [3.8, 4) is 0 Å². The third-order valence-corrected chi connectivity index (χ3v) is 4.42. The Hall–Kier alpha value is -1.06. The maximum atomic E-state index is 11.8. The summed E-state index contributed by atoms with van der Waals surface area (Å²) >= 11 is 0. The van der Waals surface area contributed by atoms with Gasteiger partial charge < -0.3 is 9.84 Å². The predicted molar refractivity (Wildman–Crippen MR) is 52.1 cm³/mol. The molecule has 0 unspecified atom stereocenters. The number of cyclic esters (lactones) is 1. The molecule has 0 bridgehead atoms. The van der Waals surface area contributed by atoms with Crippen LogP contribution in [0.1, 0.15) is 33.1 Å². The fourth-order valence-electron chi connectivity index (χ4n) is 3.21. The third kappa shape index (κ3) is 1.13. The number of aliphatic carboxylic acids is 1. The highest BCUT2D eigenvalue weighted by Gasteiger charge is 2.63. The van der Waals surface area contributed by atoms with Crippen LogP contribution in [0.15, 0.2) is 0 Å². The molecule has 1 aliphatic carbocycles. The van der Waals surface area contributed by atoms with Gasteiger partial charge in [0.2, 0.25) is 0 Å². The topological polar surface area (TPSA) is 63.6 Å². The molecule has 1 heterocycles. The second-order valence-electron chi connectivity index (χ2n) is 5.12. The Bertz CT molecular complexity index is 321. The molecule has 4 heteroatoms.